The summed E-state index contributed by atoms with van der Waals surface area (Å²) in [6.45, 7) is 3.89. The average molecular weight is 239 g/mol. The van der Waals surface area contributed by atoms with Gasteiger partial charge in [0.2, 0.25) is 0 Å². The number of nitrogens with zero attached hydrogens (tertiary/aromatic N) is 2. The van der Waals surface area contributed by atoms with Gasteiger partial charge in [-0.1, -0.05) is 30.3 Å². The van der Waals surface area contributed by atoms with Crippen molar-refractivity contribution in [1.82, 2.24) is 9.56 Å². The van der Waals surface area contributed by atoms with Crippen molar-refractivity contribution in [2.75, 3.05) is 0 Å². The first-order valence-corrected chi connectivity index (χ1v) is 5.77. The molecule has 1 aromatic carbocycles. The lowest BCUT2D eigenvalue weighted by Gasteiger charge is -2.01. The number of fused-ring (bicyclic) bond motifs is 1. The number of rotatable bonds is 1. The maximum Gasteiger partial charge on any atom is 0.251 e. The van der Waals surface area contributed by atoms with Crippen LogP contribution < -0.4 is 5.55 Å². The van der Waals surface area contributed by atoms with E-state index >= 15 is 0 Å². The number of nitrogens with one attached hydrogen (secondary N) is 1. The van der Waals surface area contributed by atoms with Crippen molar-refractivity contribution in [3.63, 3.8) is 0 Å². The van der Waals surface area contributed by atoms with Crippen LogP contribution in [0.15, 0.2) is 40.9 Å². The summed E-state index contributed by atoms with van der Waals surface area (Å²) in [6.07, 6.45) is 0. The molecule has 0 atom stereocenters. The molecule has 18 heavy (non-hydrogen) atoms. The highest BCUT2D eigenvalue weighted by Gasteiger charge is 2.14. The second-order valence-electron chi connectivity index (χ2n) is 4.32. The molecule has 3 aromatic rings. The molecule has 0 spiro atoms. The molecular formula is C14H13N3O. The van der Waals surface area contributed by atoms with E-state index < -0.39 is 0 Å². The van der Waals surface area contributed by atoms with Crippen LogP contribution in [0.5, 0.6) is 0 Å². The van der Waals surface area contributed by atoms with E-state index in [4.69, 9.17) is 9.93 Å². The summed E-state index contributed by atoms with van der Waals surface area (Å²) < 4.78 is 7.07. The van der Waals surface area contributed by atoms with Gasteiger partial charge in [-0.05, 0) is 25.5 Å². The SMILES string of the molecule is Cc1cc(C)n2oc(=N)c(-c3ccccc3)c2n1. The number of hydrogen-bond donors (Lipinski definition) is 1. The van der Waals surface area contributed by atoms with Crippen molar-refractivity contribution in [3.8, 4) is 11.1 Å². The minimum atomic E-state index is 0.141. The predicted octanol–water partition coefficient (Wildman–Crippen LogP) is 2.69. The van der Waals surface area contributed by atoms with Gasteiger partial charge in [-0.3, -0.25) is 5.41 Å². The van der Waals surface area contributed by atoms with Crippen LogP contribution in [0.25, 0.3) is 16.8 Å². The molecule has 0 amide bonds. The highest BCUT2D eigenvalue weighted by molar-refractivity contribution is 5.76. The molecule has 1 N–H and O–H groups in total. The smallest absolute Gasteiger partial charge is 0.251 e. The van der Waals surface area contributed by atoms with Crippen LogP contribution in [0.1, 0.15) is 11.4 Å². The van der Waals surface area contributed by atoms with Gasteiger partial charge >= 0.3 is 0 Å². The molecule has 0 radical (unpaired) electrons. The van der Waals surface area contributed by atoms with Crippen molar-refractivity contribution in [2.45, 2.75) is 13.8 Å². The third kappa shape index (κ3) is 1.54. The van der Waals surface area contributed by atoms with E-state index in [2.05, 4.69) is 4.98 Å². The van der Waals surface area contributed by atoms with Gasteiger partial charge in [0.25, 0.3) is 5.55 Å². The predicted molar refractivity (Wildman–Crippen MR) is 68.2 cm³/mol. The van der Waals surface area contributed by atoms with Gasteiger partial charge in [-0.25, -0.2) is 4.98 Å². The molecule has 0 saturated heterocycles. The summed E-state index contributed by atoms with van der Waals surface area (Å²) in [4.78, 5) is 4.48. The minimum absolute atomic E-state index is 0.141. The Hall–Kier alpha value is -2.36. The molecule has 0 aliphatic rings. The van der Waals surface area contributed by atoms with Crippen LogP contribution in [0.3, 0.4) is 0 Å². The Balaban J connectivity index is 2.43. The zero-order valence-corrected chi connectivity index (χ0v) is 10.3. The Kier molecular flexibility index (Phi) is 2.30. The van der Waals surface area contributed by atoms with Gasteiger partial charge in [-0.2, -0.15) is 4.57 Å². The second-order valence-corrected chi connectivity index (χ2v) is 4.32. The maximum atomic E-state index is 7.98. The topological polar surface area (TPSA) is 54.3 Å². The molecular weight excluding hydrogens is 226 g/mol. The minimum Gasteiger partial charge on any atom is -0.353 e. The van der Waals surface area contributed by atoms with E-state index in [0.29, 0.717) is 5.65 Å². The van der Waals surface area contributed by atoms with Crippen LogP contribution in [-0.2, 0) is 0 Å². The fourth-order valence-electron chi connectivity index (χ4n) is 2.15. The molecule has 0 saturated carbocycles. The first-order chi connectivity index (χ1) is 8.66. The zero-order chi connectivity index (χ0) is 12.7. The van der Waals surface area contributed by atoms with E-state index in [0.717, 1.165) is 22.5 Å². The molecule has 2 aromatic heterocycles. The molecule has 0 aliphatic carbocycles. The first-order valence-electron chi connectivity index (χ1n) is 5.77. The van der Waals surface area contributed by atoms with E-state index in [1.165, 1.54) is 0 Å². The lowest BCUT2D eigenvalue weighted by molar-refractivity contribution is 0.328. The molecule has 3 rings (SSSR count). The van der Waals surface area contributed by atoms with Crippen molar-refractivity contribution in [2.24, 2.45) is 0 Å². The molecule has 2 heterocycles. The fraction of sp³-hybridized carbons (Fsp3) is 0.143. The van der Waals surface area contributed by atoms with E-state index in [9.17, 15) is 0 Å². The second kappa shape index (κ2) is 3.84. The van der Waals surface area contributed by atoms with Gasteiger partial charge in [0, 0.05) is 5.69 Å². The molecule has 0 aliphatic heterocycles. The number of hydrogen-bond acceptors (Lipinski definition) is 3. The third-order valence-corrected chi connectivity index (χ3v) is 2.91. The Morgan fingerprint density at radius 1 is 1.17 bits per heavy atom. The van der Waals surface area contributed by atoms with Crippen LogP contribution in [0.2, 0.25) is 0 Å². The summed E-state index contributed by atoms with van der Waals surface area (Å²) >= 11 is 0. The van der Waals surface area contributed by atoms with Crippen molar-refractivity contribution in [3.05, 3.63) is 53.3 Å². The summed E-state index contributed by atoms with van der Waals surface area (Å²) in [6, 6.07) is 11.7. The normalized spacial score (nSPS) is 11.0. The van der Waals surface area contributed by atoms with E-state index in [1.54, 1.807) is 4.57 Å². The highest BCUT2D eigenvalue weighted by atomic mass is 16.5. The van der Waals surface area contributed by atoms with Crippen molar-refractivity contribution in [1.29, 1.82) is 5.41 Å². The molecule has 0 unspecified atom stereocenters. The van der Waals surface area contributed by atoms with Gasteiger partial charge in [0.15, 0.2) is 5.65 Å². The lowest BCUT2D eigenvalue weighted by Crippen LogP contribution is -1.96. The first kappa shape index (κ1) is 10.8. The Morgan fingerprint density at radius 2 is 1.89 bits per heavy atom. The summed E-state index contributed by atoms with van der Waals surface area (Å²) in [5.41, 5.74) is 4.39. The van der Waals surface area contributed by atoms with Crippen molar-refractivity contribution >= 4 is 5.65 Å². The fourth-order valence-corrected chi connectivity index (χ4v) is 2.15. The molecule has 0 fully saturated rings. The Bertz CT molecular complexity index is 769. The van der Waals surface area contributed by atoms with Crippen LogP contribution in [-0.4, -0.2) is 9.56 Å². The van der Waals surface area contributed by atoms with Gasteiger partial charge in [0.1, 0.15) is 0 Å². The molecule has 4 nitrogen and oxygen atoms in total. The summed E-state index contributed by atoms with van der Waals surface area (Å²) in [7, 11) is 0. The van der Waals surface area contributed by atoms with Crippen LogP contribution in [0.4, 0.5) is 0 Å². The largest absolute Gasteiger partial charge is 0.353 e. The summed E-state index contributed by atoms with van der Waals surface area (Å²) in [5, 5.41) is 7.98. The Morgan fingerprint density at radius 3 is 2.61 bits per heavy atom. The number of benzene rings is 1. The number of aryl methyl sites for hydroxylation is 2. The van der Waals surface area contributed by atoms with Crippen LogP contribution in [0, 0.1) is 19.3 Å². The molecule has 0 bridgehead atoms. The van der Waals surface area contributed by atoms with Gasteiger partial charge in [0.05, 0.1) is 11.3 Å². The van der Waals surface area contributed by atoms with Crippen LogP contribution >= 0.6 is 0 Å². The van der Waals surface area contributed by atoms with Crippen molar-refractivity contribution < 1.29 is 4.52 Å². The van der Waals surface area contributed by atoms with E-state index in [1.807, 2.05) is 50.2 Å². The standard InChI is InChI=1S/C14H13N3O/c1-9-8-10(2)17-14(16-9)12(13(15)18-17)11-6-4-3-5-7-11/h3-8,15H,1-2H3. The zero-order valence-electron chi connectivity index (χ0n) is 10.3. The molecule has 4 heteroatoms. The average Bonchev–Trinajstić information content (AvgIpc) is 2.67. The summed E-state index contributed by atoms with van der Waals surface area (Å²) in [5.74, 6) is 0. The molecule has 90 valence electrons. The number of aromatic nitrogens is 2. The van der Waals surface area contributed by atoms with Gasteiger partial charge in [-0.15, -0.1) is 0 Å². The van der Waals surface area contributed by atoms with Gasteiger partial charge < -0.3 is 4.52 Å². The highest BCUT2D eigenvalue weighted by Crippen LogP contribution is 2.21. The maximum absolute atomic E-state index is 7.98. The van der Waals surface area contributed by atoms with E-state index in [-0.39, 0.29) is 5.55 Å². The monoisotopic (exact) mass is 239 g/mol. The third-order valence-electron chi connectivity index (χ3n) is 2.91. The lowest BCUT2D eigenvalue weighted by atomic mass is 10.1. The quantitative estimate of drug-likeness (QED) is 0.709. The Labute approximate surface area is 104 Å².